The van der Waals surface area contributed by atoms with E-state index in [4.69, 9.17) is 0 Å². The molecule has 0 aliphatic rings. The van der Waals surface area contributed by atoms with Crippen LogP contribution in [0.15, 0.2) is 78.3 Å². The van der Waals surface area contributed by atoms with Crippen LogP contribution in [-0.2, 0) is 0 Å². The second-order valence-electron chi connectivity index (χ2n) is 6.91. The highest BCUT2D eigenvalue weighted by molar-refractivity contribution is 6.12. The fraction of sp³-hybridized carbons (Fsp3) is 0.0435. The second-order valence-corrected chi connectivity index (χ2v) is 6.91. The topological polar surface area (TPSA) is 119 Å². The molecule has 9 nitrogen and oxygen atoms in total. The second kappa shape index (κ2) is 8.60. The summed E-state index contributed by atoms with van der Waals surface area (Å²) in [6.45, 7) is 1.82. The van der Waals surface area contributed by atoms with Crippen LogP contribution in [0.4, 0.5) is 5.69 Å². The Labute approximate surface area is 182 Å². The lowest BCUT2D eigenvalue weighted by molar-refractivity contribution is -0.384. The third-order valence-electron chi connectivity index (χ3n) is 4.99. The highest BCUT2D eigenvalue weighted by Gasteiger charge is 2.20. The third kappa shape index (κ3) is 3.86. The summed E-state index contributed by atoms with van der Waals surface area (Å²) in [5, 5.41) is 14.8. The minimum atomic E-state index is -0.536. The highest BCUT2D eigenvalue weighted by atomic mass is 16.6. The maximum atomic E-state index is 13.1. The number of benzene rings is 1. The first-order valence-corrected chi connectivity index (χ1v) is 9.59. The number of carbonyl (C=O) groups is 2. The van der Waals surface area contributed by atoms with Crippen LogP contribution < -0.4 is 5.43 Å². The standard InChI is InChI=1S/C23H17N5O4/c1-15-19(14-25-26-23(30)17-5-7-18(8-6-17)28(31)32)20-4-2-3-13-27(20)21(15)22(29)16-9-11-24-12-10-16/h2-14H,1H3,(H,26,30)/b25-14-. The maximum absolute atomic E-state index is 13.1. The number of rotatable bonds is 6. The number of ketones is 1. The van der Waals surface area contributed by atoms with Gasteiger partial charge in [0.2, 0.25) is 5.78 Å². The van der Waals surface area contributed by atoms with E-state index in [1.54, 1.807) is 35.1 Å². The summed E-state index contributed by atoms with van der Waals surface area (Å²) < 4.78 is 1.79. The molecule has 0 unspecified atom stereocenters. The van der Waals surface area contributed by atoms with Gasteiger partial charge in [0.25, 0.3) is 11.6 Å². The van der Waals surface area contributed by atoms with E-state index in [9.17, 15) is 19.7 Å². The fourth-order valence-electron chi connectivity index (χ4n) is 3.40. The molecular weight excluding hydrogens is 410 g/mol. The fourth-order valence-corrected chi connectivity index (χ4v) is 3.40. The Hall–Kier alpha value is -4.66. The van der Waals surface area contributed by atoms with Crippen molar-refractivity contribution < 1.29 is 14.5 Å². The van der Waals surface area contributed by atoms with Gasteiger partial charge in [0.1, 0.15) is 0 Å². The number of nitro groups is 1. The number of hydrogen-bond acceptors (Lipinski definition) is 6. The van der Waals surface area contributed by atoms with Crippen molar-refractivity contribution in [2.75, 3.05) is 0 Å². The molecule has 9 heteroatoms. The molecule has 0 aliphatic heterocycles. The van der Waals surface area contributed by atoms with Crippen molar-refractivity contribution in [1.29, 1.82) is 0 Å². The molecule has 0 fully saturated rings. The quantitative estimate of drug-likeness (QED) is 0.218. The van der Waals surface area contributed by atoms with E-state index in [1.807, 2.05) is 25.1 Å². The molecule has 3 heterocycles. The van der Waals surface area contributed by atoms with Gasteiger partial charge in [-0.05, 0) is 48.9 Å². The molecule has 3 aromatic heterocycles. The van der Waals surface area contributed by atoms with E-state index in [2.05, 4.69) is 15.5 Å². The number of nitrogens with zero attached hydrogens (tertiary/aromatic N) is 4. The molecule has 158 valence electrons. The number of hydrogen-bond donors (Lipinski definition) is 1. The summed E-state index contributed by atoms with van der Waals surface area (Å²) in [5.41, 5.74) is 5.72. The van der Waals surface area contributed by atoms with E-state index in [0.717, 1.165) is 5.52 Å². The molecule has 1 aromatic carbocycles. The van der Waals surface area contributed by atoms with Crippen LogP contribution in [0.2, 0.25) is 0 Å². The first-order valence-electron chi connectivity index (χ1n) is 9.59. The van der Waals surface area contributed by atoms with Gasteiger partial charge in [0.15, 0.2) is 0 Å². The summed E-state index contributed by atoms with van der Waals surface area (Å²) in [4.78, 5) is 39.6. The van der Waals surface area contributed by atoms with Gasteiger partial charge in [0.05, 0.1) is 22.3 Å². The summed E-state index contributed by atoms with van der Waals surface area (Å²) >= 11 is 0. The zero-order chi connectivity index (χ0) is 22.7. The zero-order valence-electron chi connectivity index (χ0n) is 16.9. The van der Waals surface area contributed by atoms with Crippen molar-refractivity contribution in [2.45, 2.75) is 6.92 Å². The van der Waals surface area contributed by atoms with Gasteiger partial charge in [-0.1, -0.05) is 6.07 Å². The number of hydrazone groups is 1. The molecule has 4 rings (SSSR count). The molecule has 32 heavy (non-hydrogen) atoms. The number of amides is 1. The van der Waals surface area contributed by atoms with Gasteiger partial charge in [-0.25, -0.2) is 5.43 Å². The zero-order valence-corrected chi connectivity index (χ0v) is 16.9. The molecule has 0 aliphatic carbocycles. The van der Waals surface area contributed by atoms with Crippen LogP contribution in [0.25, 0.3) is 5.52 Å². The predicted molar refractivity (Wildman–Crippen MR) is 118 cm³/mol. The number of pyridine rings is 2. The van der Waals surface area contributed by atoms with E-state index in [1.165, 1.54) is 30.5 Å². The molecule has 4 aromatic rings. The number of aromatic nitrogens is 2. The van der Waals surface area contributed by atoms with Crippen molar-refractivity contribution in [3.63, 3.8) is 0 Å². The monoisotopic (exact) mass is 427 g/mol. The Morgan fingerprint density at radius 2 is 1.78 bits per heavy atom. The minimum Gasteiger partial charge on any atom is -0.313 e. The van der Waals surface area contributed by atoms with Crippen molar-refractivity contribution in [3.05, 3.63) is 111 Å². The molecule has 0 radical (unpaired) electrons. The molecule has 0 spiro atoms. The number of carbonyl (C=O) groups excluding carboxylic acids is 2. The molecule has 0 bridgehead atoms. The lowest BCUT2D eigenvalue weighted by Crippen LogP contribution is -2.17. The van der Waals surface area contributed by atoms with Crippen molar-refractivity contribution in [2.24, 2.45) is 5.10 Å². The van der Waals surface area contributed by atoms with Crippen LogP contribution in [0, 0.1) is 17.0 Å². The van der Waals surface area contributed by atoms with Crippen LogP contribution in [0.5, 0.6) is 0 Å². The number of nitro benzene ring substituents is 1. The van der Waals surface area contributed by atoms with Gasteiger partial charge in [0, 0.05) is 47.4 Å². The third-order valence-corrected chi connectivity index (χ3v) is 4.99. The molecule has 1 amide bonds. The van der Waals surface area contributed by atoms with Crippen LogP contribution in [0.3, 0.4) is 0 Å². The number of non-ortho nitro benzene ring substituents is 1. The molecular formula is C23H17N5O4. The minimum absolute atomic E-state index is 0.104. The lowest BCUT2D eigenvalue weighted by Gasteiger charge is -2.03. The van der Waals surface area contributed by atoms with Crippen molar-refractivity contribution in [3.8, 4) is 0 Å². The average molecular weight is 427 g/mol. The summed E-state index contributed by atoms with van der Waals surface area (Å²) in [6.07, 6.45) is 6.41. The van der Waals surface area contributed by atoms with E-state index >= 15 is 0 Å². The summed E-state index contributed by atoms with van der Waals surface area (Å²) in [5.74, 6) is -0.661. The largest absolute Gasteiger partial charge is 0.313 e. The van der Waals surface area contributed by atoms with Gasteiger partial charge in [-0.2, -0.15) is 5.10 Å². The van der Waals surface area contributed by atoms with Crippen molar-refractivity contribution >= 4 is 29.1 Å². The van der Waals surface area contributed by atoms with Crippen LogP contribution >= 0.6 is 0 Å². The van der Waals surface area contributed by atoms with E-state index < -0.39 is 10.8 Å². The van der Waals surface area contributed by atoms with Gasteiger partial charge in [-0.3, -0.25) is 24.7 Å². The average Bonchev–Trinajstić information content (AvgIpc) is 3.10. The lowest BCUT2D eigenvalue weighted by atomic mass is 10.1. The normalized spacial score (nSPS) is 11.0. The predicted octanol–water partition coefficient (Wildman–Crippen LogP) is 3.55. The molecule has 0 saturated carbocycles. The van der Waals surface area contributed by atoms with Crippen LogP contribution in [-0.4, -0.2) is 32.2 Å². The first kappa shape index (κ1) is 20.6. The Kier molecular flexibility index (Phi) is 5.54. The van der Waals surface area contributed by atoms with Gasteiger partial charge < -0.3 is 4.40 Å². The Balaban J connectivity index is 1.63. The maximum Gasteiger partial charge on any atom is 0.271 e. The molecule has 1 N–H and O–H groups in total. The molecule has 0 atom stereocenters. The summed E-state index contributed by atoms with van der Waals surface area (Å²) in [7, 11) is 0. The van der Waals surface area contributed by atoms with E-state index in [-0.39, 0.29) is 17.0 Å². The smallest absolute Gasteiger partial charge is 0.271 e. The van der Waals surface area contributed by atoms with Crippen molar-refractivity contribution in [1.82, 2.24) is 14.8 Å². The van der Waals surface area contributed by atoms with Crippen LogP contribution in [0.1, 0.15) is 37.5 Å². The van der Waals surface area contributed by atoms with Gasteiger partial charge >= 0.3 is 0 Å². The molecule has 0 saturated heterocycles. The Bertz CT molecular complexity index is 1360. The summed E-state index contributed by atoms with van der Waals surface area (Å²) in [6, 6.07) is 14.1. The van der Waals surface area contributed by atoms with E-state index in [0.29, 0.717) is 22.4 Å². The van der Waals surface area contributed by atoms with Gasteiger partial charge in [-0.15, -0.1) is 0 Å². The Morgan fingerprint density at radius 1 is 1.06 bits per heavy atom. The highest BCUT2D eigenvalue weighted by Crippen LogP contribution is 2.24. The SMILES string of the molecule is Cc1c(/C=N\NC(=O)c2ccc([N+](=O)[O-])cc2)c2ccccn2c1C(=O)c1ccncc1. The first-order chi connectivity index (χ1) is 15.5. The number of nitrogens with one attached hydrogen (secondary N) is 1. The number of fused-ring (bicyclic) bond motifs is 1. The Morgan fingerprint density at radius 3 is 2.47 bits per heavy atom.